The highest BCUT2D eigenvalue weighted by molar-refractivity contribution is 5.99. The lowest BCUT2D eigenvalue weighted by atomic mass is 10.1. The third-order valence-electron chi connectivity index (χ3n) is 8.04. The summed E-state index contributed by atoms with van der Waals surface area (Å²) >= 11 is 0. The molecule has 0 aliphatic heterocycles. The Labute approximate surface area is 259 Å². The zero-order chi connectivity index (χ0) is 29.7. The second-order valence-corrected chi connectivity index (χ2v) is 10.8. The Bertz CT molecular complexity index is 1910. The molecule has 0 atom stereocenters. The minimum Gasteiger partial charge on any atom is -0.345 e. The maximum absolute atomic E-state index is 2.34. The molecule has 7 aromatic carbocycles. The zero-order valence-corrected chi connectivity index (χ0v) is 24.7. The molecule has 0 aliphatic carbocycles. The topological polar surface area (TPSA) is 9.72 Å². The summed E-state index contributed by atoms with van der Waals surface area (Å²) in [5.74, 6) is 0. The van der Waals surface area contributed by atoms with Crippen LogP contribution in [0.5, 0.6) is 0 Å². The SMILES string of the molecule is CN(c1ccc(N(c2ccccc2)c2ccccc2)cc1)c1ccc(N(c2ccccc2)c2cccc3ccccc23)cc1. The van der Waals surface area contributed by atoms with E-state index in [1.54, 1.807) is 0 Å². The molecule has 0 N–H and O–H groups in total. The number of hydrogen-bond acceptors (Lipinski definition) is 3. The fourth-order valence-corrected chi connectivity index (χ4v) is 5.81. The third kappa shape index (κ3) is 5.39. The minimum absolute atomic E-state index is 1.11. The van der Waals surface area contributed by atoms with Gasteiger partial charge in [-0.1, -0.05) is 91.0 Å². The number of anilines is 8. The van der Waals surface area contributed by atoms with Gasteiger partial charge >= 0.3 is 0 Å². The van der Waals surface area contributed by atoms with Crippen LogP contribution in [0.1, 0.15) is 0 Å². The first-order chi connectivity index (χ1) is 21.8. The largest absolute Gasteiger partial charge is 0.345 e. The highest BCUT2D eigenvalue weighted by Crippen LogP contribution is 2.40. The van der Waals surface area contributed by atoms with Crippen LogP contribution in [0.2, 0.25) is 0 Å². The van der Waals surface area contributed by atoms with Gasteiger partial charge in [-0.05, 0) is 96.4 Å². The van der Waals surface area contributed by atoms with Crippen molar-refractivity contribution in [3.05, 3.63) is 182 Å². The van der Waals surface area contributed by atoms with Crippen LogP contribution < -0.4 is 14.7 Å². The number of para-hydroxylation sites is 3. The molecule has 3 nitrogen and oxygen atoms in total. The maximum Gasteiger partial charge on any atom is 0.0540 e. The van der Waals surface area contributed by atoms with Crippen molar-refractivity contribution < 1.29 is 0 Å². The summed E-state index contributed by atoms with van der Waals surface area (Å²) in [6, 6.07) is 64.2. The molecule has 212 valence electrons. The third-order valence-corrected chi connectivity index (χ3v) is 8.04. The molecule has 3 heteroatoms. The van der Waals surface area contributed by atoms with E-state index in [1.807, 2.05) is 0 Å². The number of rotatable bonds is 8. The average molecular weight is 568 g/mol. The second kappa shape index (κ2) is 12.2. The summed E-state index contributed by atoms with van der Waals surface area (Å²) in [6.07, 6.45) is 0. The van der Waals surface area contributed by atoms with Crippen molar-refractivity contribution in [3.8, 4) is 0 Å². The maximum atomic E-state index is 2.34. The fourth-order valence-electron chi connectivity index (χ4n) is 5.81. The molecule has 0 fully saturated rings. The molecule has 0 aromatic heterocycles. The van der Waals surface area contributed by atoms with Gasteiger partial charge < -0.3 is 14.7 Å². The molecule has 0 unspecified atom stereocenters. The molecular formula is C41H33N3. The zero-order valence-electron chi connectivity index (χ0n) is 24.7. The van der Waals surface area contributed by atoms with Crippen molar-refractivity contribution in [3.63, 3.8) is 0 Å². The van der Waals surface area contributed by atoms with E-state index in [2.05, 4.69) is 204 Å². The van der Waals surface area contributed by atoms with Gasteiger partial charge in [0, 0.05) is 52.2 Å². The molecule has 0 heterocycles. The van der Waals surface area contributed by atoms with Crippen molar-refractivity contribution in [2.45, 2.75) is 0 Å². The summed E-state index contributed by atoms with van der Waals surface area (Å²) in [7, 11) is 2.12. The van der Waals surface area contributed by atoms with Gasteiger partial charge in [0.1, 0.15) is 0 Å². The van der Waals surface area contributed by atoms with Crippen molar-refractivity contribution in [1.29, 1.82) is 0 Å². The van der Waals surface area contributed by atoms with Gasteiger partial charge in [0.15, 0.2) is 0 Å². The van der Waals surface area contributed by atoms with Gasteiger partial charge in [0.25, 0.3) is 0 Å². The first-order valence-corrected chi connectivity index (χ1v) is 14.9. The van der Waals surface area contributed by atoms with Crippen LogP contribution in [0.15, 0.2) is 182 Å². The van der Waals surface area contributed by atoms with Gasteiger partial charge in [-0.3, -0.25) is 0 Å². The van der Waals surface area contributed by atoms with Crippen molar-refractivity contribution in [2.75, 3.05) is 21.7 Å². The molecule has 44 heavy (non-hydrogen) atoms. The number of fused-ring (bicyclic) bond motifs is 1. The molecule has 0 saturated heterocycles. The first kappa shape index (κ1) is 27.1. The molecule has 0 bridgehead atoms. The molecule has 0 spiro atoms. The Hall–Kier alpha value is -5.80. The lowest BCUT2D eigenvalue weighted by Gasteiger charge is -2.28. The van der Waals surface area contributed by atoms with E-state index in [0.29, 0.717) is 0 Å². The summed E-state index contributed by atoms with van der Waals surface area (Å²) in [4.78, 5) is 6.85. The van der Waals surface area contributed by atoms with Crippen molar-refractivity contribution in [2.24, 2.45) is 0 Å². The monoisotopic (exact) mass is 567 g/mol. The molecule has 7 aromatic rings. The van der Waals surface area contributed by atoms with Gasteiger partial charge in [-0.25, -0.2) is 0 Å². The van der Waals surface area contributed by atoms with E-state index in [-0.39, 0.29) is 0 Å². The Balaban J connectivity index is 1.19. The molecule has 0 amide bonds. The van der Waals surface area contributed by atoms with E-state index in [4.69, 9.17) is 0 Å². The van der Waals surface area contributed by atoms with Gasteiger partial charge in [-0.15, -0.1) is 0 Å². The Morgan fingerprint density at radius 3 is 1.18 bits per heavy atom. The van der Waals surface area contributed by atoms with Gasteiger partial charge in [0.05, 0.1) is 5.69 Å². The highest BCUT2D eigenvalue weighted by Gasteiger charge is 2.16. The Kier molecular flexibility index (Phi) is 7.51. The molecule has 0 saturated carbocycles. The van der Waals surface area contributed by atoms with E-state index >= 15 is 0 Å². The second-order valence-electron chi connectivity index (χ2n) is 10.8. The molecular weight excluding hydrogens is 534 g/mol. The summed E-state index contributed by atoms with van der Waals surface area (Å²) in [6.45, 7) is 0. The van der Waals surface area contributed by atoms with Crippen LogP contribution >= 0.6 is 0 Å². The smallest absolute Gasteiger partial charge is 0.0540 e. The molecule has 0 aliphatic rings. The quantitative estimate of drug-likeness (QED) is 0.181. The highest BCUT2D eigenvalue weighted by atomic mass is 15.2. The minimum atomic E-state index is 1.11. The van der Waals surface area contributed by atoms with E-state index in [9.17, 15) is 0 Å². The lowest BCUT2D eigenvalue weighted by molar-refractivity contribution is 1.20. The number of hydrogen-bond donors (Lipinski definition) is 0. The number of nitrogens with zero attached hydrogens (tertiary/aromatic N) is 3. The van der Waals surface area contributed by atoms with Crippen molar-refractivity contribution >= 4 is 56.3 Å². The summed E-state index contributed by atoms with van der Waals surface area (Å²) < 4.78 is 0. The Morgan fingerprint density at radius 2 is 0.659 bits per heavy atom. The fraction of sp³-hybridized carbons (Fsp3) is 0.0244. The predicted octanol–water partition coefficient (Wildman–Crippen LogP) is 11.5. The standard InChI is InChI=1S/C41H33N3/c1-42(33-24-28-38(29-25-33)43(35-16-5-2-6-17-35)36-18-7-3-8-19-36)34-26-30-39(31-27-34)44(37-20-9-4-10-21-37)41-23-13-15-32-14-11-12-22-40(32)41/h2-31H,1H3. The van der Waals surface area contributed by atoms with Crippen LogP contribution in [0.3, 0.4) is 0 Å². The average Bonchev–Trinajstić information content (AvgIpc) is 3.10. The number of benzene rings is 7. The normalized spacial score (nSPS) is 10.8. The summed E-state index contributed by atoms with van der Waals surface area (Å²) in [5.41, 5.74) is 9.01. The van der Waals surface area contributed by atoms with Gasteiger partial charge in [0.2, 0.25) is 0 Å². The lowest BCUT2D eigenvalue weighted by Crippen LogP contribution is -2.13. The van der Waals surface area contributed by atoms with Crippen molar-refractivity contribution in [1.82, 2.24) is 0 Å². The van der Waals surface area contributed by atoms with E-state index < -0.39 is 0 Å². The first-order valence-electron chi connectivity index (χ1n) is 14.9. The predicted molar refractivity (Wildman–Crippen MR) is 188 cm³/mol. The molecule has 0 radical (unpaired) electrons. The van der Waals surface area contributed by atoms with Crippen LogP contribution in [0.4, 0.5) is 45.5 Å². The molecule has 7 rings (SSSR count). The van der Waals surface area contributed by atoms with Gasteiger partial charge in [-0.2, -0.15) is 0 Å². The van der Waals surface area contributed by atoms with Crippen LogP contribution in [0, 0.1) is 0 Å². The van der Waals surface area contributed by atoms with E-state index in [0.717, 1.165) is 45.5 Å². The summed E-state index contributed by atoms with van der Waals surface area (Å²) in [5, 5.41) is 2.45. The van der Waals surface area contributed by atoms with Crippen LogP contribution in [-0.2, 0) is 0 Å². The van der Waals surface area contributed by atoms with E-state index in [1.165, 1.54) is 10.8 Å². The van der Waals surface area contributed by atoms with Crippen LogP contribution in [-0.4, -0.2) is 7.05 Å². The Morgan fingerprint density at radius 1 is 0.295 bits per heavy atom. The van der Waals surface area contributed by atoms with Crippen LogP contribution in [0.25, 0.3) is 10.8 Å².